The van der Waals surface area contributed by atoms with E-state index < -0.39 is 22.5 Å². The molecule has 2 N–H and O–H groups in total. The van der Waals surface area contributed by atoms with E-state index in [9.17, 15) is 18.3 Å². The molecular formula is C27H25N3O4S. The number of hydrogen-bond donors (Lipinski definition) is 2. The lowest BCUT2D eigenvalue weighted by Crippen LogP contribution is -2.39. The van der Waals surface area contributed by atoms with Crippen LogP contribution in [0.25, 0.3) is 10.8 Å². The number of aryl methyl sites for hydroxylation is 2. The number of hydrogen-bond acceptors (Lipinski definition) is 5. The molecule has 0 aliphatic carbocycles. The number of benzene rings is 4. The van der Waals surface area contributed by atoms with Gasteiger partial charge in [0, 0.05) is 5.56 Å². The average Bonchev–Trinajstić information content (AvgIpc) is 2.86. The zero-order chi connectivity index (χ0) is 25.0. The number of carbonyl (C=O) groups excluding carboxylic acids is 1. The van der Waals surface area contributed by atoms with Gasteiger partial charge in [-0.1, -0.05) is 54.6 Å². The summed E-state index contributed by atoms with van der Waals surface area (Å²) in [6, 6.07) is 24.0. The van der Waals surface area contributed by atoms with Crippen molar-refractivity contribution in [3.05, 3.63) is 102 Å². The molecule has 0 spiro atoms. The number of fused-ring (bicyclic) bond motifs is 1. The monoisotopic (exact) mass is 487 g/mol. The van der Waals surface area contributed by atoms with Crippen molar-refractivity contribution in [2.24, 2.45) is 5.10 Å². The summed E-state index contributed by atoms with van der Waals surface area (Å²) < 4.78 is 27.9. The highest BCUT2D eigenvalue weighted by atomic mass is 32.2. The van der Waals surface area contributed by atoms with Gasteiger partial charge in [0.1, 0.15) is 12.3 Å². The Balaban J connectivity index is 1.61. The number of rotatable bonds is 7. The summed E-state index contributed by atoms with van der Waals surface area (Å²) >= 11 is 0. The summed E-state index contributed by atoms with van der Waals surface area (Å²) in [7, 11) is -4.01. The quantitative estimate of drug-likeness (QED) is 0.296. The first kappa shape index (κ1) is 24.0. The predicted molar refractivity (Wildman–Crippen MR) is 138 cm³/mol. The van der Waals surface area contributed by atoms with Crippen molar-refractivity contribution in [1.29, 1.82) is 0 Å². The van der Waals surface area contributed by atoms with Crippen LogP contribution in [0, 0.1) is 13.8 Å². The summed E-state index contributed by atoms with van der Waals surface area (Å²) in [6.45, 7) is 3.34. The number of nitrogens with zero attached hydrogens (tertiary/aromatic N) is 2. The van der Waals surface area contributed by atoms with Gasteiger partial charge >= 0.3 is 0 Å². The fourth-order valence-corrected chi connectivity index (χ4v) is 5.10. The molecule has 4 aromatic rings. The number of nitrogens with one attached hydrogen (secondary N) is 1. The minimum Gasteiger partial charge on any atom is -0.507 e. The third-order valence-corrected chi connectivity index (χ3v) is 7.52. The predicted octanol–water partition coefficient (Wildman–Crippen LogP) is 4.51. The first-order chi connectivity index (χ1) is 16.8. The summed E-state index contributed by atoms with van der Waals surface area (Å²) in [5, 5.41) is 15.9. The van der Waals surface area contributed by atoms with Gasteiger partial charge in [-0.3, -0.25) is 9.10 Å². The molecule has 0 atom stereocenters. The molecule has 0 saturated heterocycles. The zero-order valence-electron chi connectivity index (χ0n) is 19.3. The normalized spacial score (nSPS) is 11.6. The van der Waals surface area contributed by atoms with Crippen LogP contribution < -0.4 is 9.73 Å². The average molecular weight is 488 g/mol. The Labute approximate surface area is 204 Å². The third-order valence-electron chi connectivity index (χ3n) is 5.73. The molecule has 4 rings (SSSR count). The van der Waals surface area contributed by atoms with Crippen molar-refractivity contribution < 1.29 is 18.3 Å². The van der Waals surface area contributed by atoms with Crippen molar-refractivity contribution in [2.45, 2.75) is 18.7 Å². The van der Waals surface area contributed by atoms with Gasteiger partial charge in [0.25, 0.3) is 15.9 Å². The molecule has 1 amide bonds. The highest BCUT2D eigenvalue weighted by molar-refractivity contribution is 7.92. The van der Waals surface area contributed by atoms with E-state index in [1.54, 1.807) is 42.5 Å². The maximum atomic E-state index is 13.4. The van der Waals surface area contributed by atoms with E-state index in [2.05, 4.69) is 10.5 Å². The molecule has 7 nitrogen and oxygen atoms in total. The maximum absolute atomic E-state index is 13.4. The van der Waals surface area contributed by atoms with Gasteiger partial charge in [0.2, 0.25) is 0 Å². The molecule has 0 fully saturated rings. The Hall–Kier alpha value is -4.17. The van der Waals surface area contributed by atoms with Crippen LogP contribution in [0.5, 0.6) is 5.75 Å². The fraction of sp³-hybridized carbons (Fsp3) is 0.111. The number of hydrazone groups is 1. The Bertz CT molecular complexity index is 1520. The summed E-state index contributed by atoms with van der Waals surface area (Å²) in [6.07, 6.45) is 1.35. The first-order valence-corrected chi connectivity index (χ1v) is 12.4. The standard InChI is InChI=1S/C27H25N3O4S/c1-19-12-14-22(16-20(19)2)30(35(33,34)23-9-4-3-5-10-23)18-27(32)29-28-17-25-24-11-7-6-8-21(24)13-15-26(25)31/h3-17,31H,18H2,1-2H3,(H,29,32)/b28-17+. The molecule has 8 heteroatoms. The first-order valence-electron chi connectivity index (χ1n) is 10.9. The second-order valence-corrected chi connectivity index (χ2v) is 9.97. The van der Waals surface area contributed by atoms with Crippen molar-refractivity contribution >= 4 is 38.6 Å². The second-order valence-electron chi connectivity index (χ2n) is 8.11. The van der Waals surface area contributed by atoms with E-state index in [0.717, 1.165) is 26.2 Å². The smallest absolute Gasteiger partial charge is 0.264 e. The van der Waals surface area contributed by atoms with Crippen LogP contribution in [-0.4, -0.2) is 32.2 Å². The summed E-state index contributed by atoms with van der Waals surface area (Å²) in [5.41, 5.74) is 5.13. The van der Waals surface area contributed by atoms with Crippen LogP contribution in [-0.2, 0) is 14.8 Å². The van der Waals surface area contributed by atoms with Gasteiger partial charge in [-0.15, -0.1) is 0 Å². The van der Waals surface area contributed by atoms with Gasteiger partial charge in [0.15, 0.2) is 0 Å². The van der Waals surface area contributed by atoms with E-state index in [1.165, 1.54) is 18.3 Å². The number of aromatic hydroxyl groups is 1. The fourth-order valence-electron chi connectivity index (χ4n) is 3.67. The lowest BCUT2D eigenvalue weighted by Gasteiger charge is -2.24. The number of anilines is 1. The lowest BCUT2D eigenvalue weighted by molar-refractivity contribution is -0.119. The molecule has 0 aromatic heterocycles. The molecule has 0 aliphatic rings. The lowest BCUT2D eigenvalue weighted by atomic mass is 10.0. The Morgan fingerprint density at radius 3 is 2.40 bits per heavy atom. The Morgan fingerprint density at radius 2 is 1.66 bits per heavy atom. The second kappa shape index (κ2) is 9.99. The third kappa shape index (κ3) is 5.17. The van der Waals surface area contributed by atoms with Gasteiger partial charge < -0.3 is 5.11 Å². The molecule has 0 saturated carbocycles. The number of amides is 1. The van der Waals surface area contributed by atoms with Gasteiger partial charge in [0.05, 0.1) is 16.8 Å². The number of phenolic OH excluding ortho intramolecular Hbond substituents is 1. The summed E-state index contributed by atoms with van der Waals surface area (Å²) in [4.78, 5) is 12.9. The Morgan fingerprint density at radius 1 is 0.943 bits per heavy atom. The molecular weight excluding hydrogens is 462 g/mol. The van der Waals surface area contributed by atoms with Crippen LogP contribution >= 0.6 is 0 Å². The van der Waals surface area contributed by atoms with Crippen LogP contribution in [0.4, 0.5) is 5.69 Å². The Kier molecular flexibility index (Phi) is 6.84. The van der Waals surface area contributed by atoms with E-state index in [4.69, 9.17) is 0 Å². The van der Waals surface area contributed by atoms with Crippen molar-refractivity contribution in [3.63, 3.8) is 0 Å². The molecule has 0 unspecified atom stereocenters. The zero-order valence-corrected chi connectivity index (χ0v) is 20.2. The van der Waals surface area contributed by atoms with Gasteiger partial charge in [-0.05, 0) is 66.1 Å². The number of phenols is 1. The molecule has 0 heterocycles. The number of carbonyl (C=O) groups is 1. The van der Waals surface area contributed by atoms with Crippen LogP contribution in [0.3, 0.4) is 0 Å². The van der Waals surface area contributed by atoms with Crippen molar-refractivity contribution in [2.75, 3.05) is 10.8 Å². The summed E-state index contributed by atoms with van der Waals surface area (Å²) in [5.74, 6) is -0.608. The van der Waals surface area contributed by atoms with E-state index in [-0.39, 0.29) is 10.6 Å². The molecule has 178 valence electrons. The molecule has 4 aromatic carbocycles. The highest BCUT2D eigenvalue weighted by Gasteiger charge is 2.27. The van der Waals surface area contributed by atoms with Gasteiger partial charge in [-0.25, -0.2) is 13.8 Å². The van der Waals surface area contributed by atoms with Crippen LogP contribution in [0.2, 0.25) is 0 Å². The topological polar surface area (TPSA) is 99.1 Å². The van der Waals surface area contributed by atoms with E-state index >= 15 is 0 Å². The van der Waals surface area contributed by atoms with E-state index in [0.29, 0.717) is 11.3 Å². The highest BCUT2D eigenvalue weighted by Crippen LogP contribution is 2.26. The van der Waals surface area contributed by atoms with Crippen molar-refractivity contribution in [1.82, 2.24) is 5.43 Å². The van der Waals surface area contributed by atoms with Gasteiger partial charge in [-0.2, -0.15) is 5.10 Å². The minimum absolute atomic E-state index is 0.0186. The van der Waals surface area contributed by atoms with Crippen LogP contribution in [0.1, 0.15) is 16.7 Å². The maximum Gasteiger partial charge on any atom is 0.264 e. The SMILES string of the molecule is Cc1ccc(N(CC(=O)N/N=C/c2c(O)ccc3ccccc23)S(=O)(=O)c2ccccc2)cc1C. The van der Waals surface area contributed by atoms with Crippen LogP contribution in [0.15, 0.2) is 94.9 Å². The molecule has 0 bridgehead atoms. The molecule has 0 aliphatic heterocycles. The van der Waals surface area contributed by atoms with E-state index in [1.807, 2.05) is 44.2 Å². The largest absolute Gasteiger partial charge is 0.507 e. The van der Waals surface area contributed by atoms with Crippen molar-refractivity contribution in [3.8, 4) is 5.75 Å². The number of sulfonamides is 1. The minimum atomic E-state index is -4.01. The molecule has 35 heavy (non-hydrogen) atoms. The molecule has 0 radical (unpaired) electrons.